The maximum absolute atomic E-state index is 13.3. The fourth-order valence-corrected chi connectivity index (χ4v) is 4.56. The van der Waals surface area contributed by atoms with Crippen LogP contribution in [0.25, 0.3) is 0 Å². The van der Waals surface area contributed by atoms with Crippen molar-refractivity contribution in [2.45, 2.75) is 12.8 Å². The normalized spacial score (nSPS) is 18.8. The number of carbonyl (C=O) groups is 2. The molecule has 2 saturated heterocycles. The van der Waals surface area contributed by atoms with Crippen LogP contribution in [0.15, 0.2) is 42.5 Å². The summed E-state index contributed by atoms with van der Waals surface area (Å²) in [4.78, 5) is 31.9. The van der Waals surface area contributed by atoms with Gasteiger partial charge in [-0.25, -0.2) is 0 Å². The lowest BCUT2D eigenvalue weighted by Gasteiger charge is -2.25. The van der Waals surface area contributed by atoms with E-state index in [1.165, 1.54) is 0 Å². The summed E-state index contributed by atoms with van der Waals surface area (Å²) in [7, 11) is 4.79. The summed E-state index contributed by atoms with van der Waals surface area (Å²) in [5.74, 6) is 1.67. The molecule has 2 aliphatic heterocycles. The summed E-state index contributed by atoms with van der Waals surface area (Å²) < 4.78 is 15.9. The molecule has 1 atom stereocenters. The van der Waals surface area contributed by atoms with E-state index in [1.54, 1.807) is 38.4 Å². The molecule has 2 heterocycles. The van der Waals surface area contributed by atoms with Gasteiger partial charge in [-0.05, 0) is 42.8 Å². The first kappa shape index (κ1) is 22.8. The maximum Gasteiger partial charge on any atom is 0.228 e. The average molecular weight is 454 g/mol. The third-order valence-corrected chi connectivity index (χ3v) is 6.40. The lowest BCUT2D eigenvalue weighted by Crippen LogP contribution is -2.40. The second-order valence-electron chi connectivity index (χ2n) is 8.31. The Morgan fingerprint density at radius 2 is 1.58 bits per heavy atom. The molecule has 0 radical (unpaired) electrons. The van der Waals surface area contributed by atoms with Gasteiger partial charge in [-0.3, -0.25) is 9.59 Å². The molecule has 33 heavy (non-hydrogen) atoms. The predicted molar refractivity (Wildman–Crippen MR) is 126 cm³/mol. The van der Waals surface area contributed by atoms with E-state index in [2.05, 4.69) is 4.90 Å². The quantitative estimate of drug-likeness (QED) is 0.670. The third kappa shape index (κ3) is 4.84. The molecule has 8 nitrogen and oxygen atoms in total. The van der Waals surface area contributed by atoms with Gasteiger partial charge in [0.1, 0.15) is 5.75 Å². The Kier molecular flexibility index (Phi) is 6.91. The molecule has 2 fully saturated rings. The smallest absolute Gasteiger partial charge is 0.228 e. The van der Waals surface area contributed by atoms with E-state index >= 15 is 0 Å². The molecule has 4 rings (SSSR count). The molecular weight excluding hydrogens is 422 g/mol. The van der Waals surface area contributed by atoms with E-state index in [9.17, 15) is 9.59 Å². The van der Waals surface area contributed by atoms with Crippen LogP contribution in [0.3, 0.4) is 0 Å². The summed E-state index contributed by atoms with van der Waals surface area (Å²) in [6, 6.07) is 13.4. The first-order chi connectivity index (χ1) is 16.0. The van der Waals surface area contributed by atoms with Crippen molar-refractivity contribution in [2.75, 3.05) is 63.9 Å². The molecule has 2 aromatic rings. The number of hydrogen-bond donors (Lipinski definition) is 0. The molecule has 8 heteroatoms. The summed E-state index contributed by atoms with van der Waals surface area (Å²) in [6.07, 6.45) is 1.11. The van der Waals surface area contributed by atoms with Gasteiger partial charge in [0.05, 0.1) is 27.2 Å². The molecule has 176 valence electrons. The summed E-state index contributed by atoms with van der Waals surface area (Å²) >= 11 is 0. The van der Waals surface area contributed by atoms with Crippen LogP contribution in [0.1, 0.15) is 12.8 Å². The van der Waals surface area contributed by atoms with Gasteiger partial charge >= 0.3 is 0 Å². The Hall–Kier alpha value is -3.42. The zero-order valence-corrected chi connectivity index (χ0v) is 19.5. The lowest BCUT2D eigenvalue weighted by molar-refractivity contribution is -0.135. The standard InChI is InChI=1S/C25H31N3O5/c1-31-21-8-5-19(6-9-21)26-11-4-12-27(14-13-26)25(30)18-15-24(29)28(17-18)20-7-10-22(32-2)23(16-20)33-3/h5-10,16,18H,4,11-15,17H2,1-3H3. The number of carbonyl (C=O) groups excluding carboxylic acids is 2. The highest BCUT2D eigenvalue weighted by Gasteiger charge is 2.37. The second kappa shape index (κ2) is 10.0. The van der Waals surface area contributed by atoms with E-state index in [0.29, 0.717) is 31.1 Å². The number of anilines is 2. The van der Waals surface area contributed by atoms with Crippen LogP contribution in [-0.4, -0.2) is 70.8 Å². The van der Waals surface area contributed by atoms with Crippen LogP contribution >= 0.6 is 0 Å². The molecule has 0 saturated carbocycles. The van der Waals surface area contributed by atoms with Crippen molar-refractivity contribution < 1.29 is 23.8 Å². The Balaban J connectivity index is 1.39. The van der Waals surface area contributed by atoms with Crippen molar-refractivity contribution in [3.05, 3.63) is 42.5 Å². The average Bonchev–Trinajstić information content (AvgIpc) is 3.08. The number of benzene rings is 2. The molecule has 0 aliphatic carbocycles. The highest BCUT2D eigenvalue weighted by atomic mass is 16.5. The van der Waals surface area contributed by atoms with Gasteiger partial charge in [-0.15, -0.1) is 0 Å². The minimum atomic E-state index is -0.335. The number of methoxy groups -OCH3 is 3. The van der Waals surface area contributed by atoms with Gasteiger partial charge in [0.25, 0.3) is 0 Å². The predicted octanol–water partition coefficient (Wildman–Crippen LogP) is 2.80. The largest absolute Gasteiger partial charge is 0.497 e. The van der Waals surface area contributed by atoms with Gasteiger partial charge in [-0.1, -0.05) is 0 Å². The van der Waals surface area contributed by atoms with Crippen molar-refractivity contribution in [3.8, 4) is 17.2 Å². The minimum Gasteiger partial charge on any atom is -0.497 e. The Morgan fingerprint density at radius 1 is 0.848 bits per heavy atom. The molecule has 2 amide bonds. The molecule has 1 unspecified atom stereocenters. The number of ether oxygens (including phenoxy) is 3. The fraction of sp³-hybridized carbons (Fsp3) is 0.440. The molecule has 0 N–H and O–H groups in total. The summed E-state index contributed by atoms with van der Waals surface area (Å²) in [6.45, 7) is 3.37. The van der Waals surface area contributed by atoms with Crippen LogP contribution < -0.4 is 24.0 Å². The van der Waals surface area contributed by atoms with Gasteiger partial charge < -0.3 is 28.9 Å². The van der Waals surface area contributed by atoms with Gasteiger partial charge in [0, 0.05) is 56.6 Å². The second-order valence-corrected chi connectivity index (χ2v) is 8.31. The zero-order chi connectivity index (χ0) is 23.4. The lowest BCUT2D eigenvalue weighted by atomic mass is 10.1. The van der Waals surface area contributed by atoms with Crippen molar-refractivity contribution in [3.63, 3.8) is 0 Å². The van der Waals surface area contributed by atoms with Crippen LogP contribution in [-0.2, 0) is 9.59 Å². The van der Waals surface area contributed by atoms with Crippen LogP contribution in [0.5, 0.6) is 17.2 Å². The van der Waals surface area contributed by atoms with Gasteiger partial charge in [0.15, 0.2) is 11.5 Å². The molecule has 0 aromatic heterocycles. The maximum atomic E-state index is 13.3. The molecule has 0 spiro atoms. The van der Waals surface area contributed by atoms with E-state index in [0.717, 1.165) is 36.6 Å². The first-order valence-electron chi connectivity index (χ1n) is 11.2. The molecule has 2 aliphatic rings. The van der Waals surface area contributed by atoms with Crippen molar-refractivity contribution >= 4 is 23.2 Å². The van der Waals surface area contributed by atoms with Crippen LogP contribution in [0.2, 0.25) is 0 Å². The highest BCUT2D eigenvalue weighted by Crippen LogP contribution is 2.34. The topological polar surface area (TPSA) is 71.6 Å². The van der Waals surface area contributed by atoms with Crippen molar-refractivity contribution in [1.82, 2.24) is 4.90 Å². The van der Waals surface area contributed by atoms with Crippen molar-refractivity contribution in [1.29, 1.82) is 0 Å². The molecular formula is C25H31N3O5. The van der Waals surface area contributed by atoms with Crippen LogP contribution in [0.4, 0.5) is 11.4 Å². The Bertz CT molecular complexity index is 994. The van der Waals surface area contributed by atoms with Crippen molar-refractivity contribution in [2.24, 2.45) is 5.92 Å². The van der Waals surface area contributed by atoms with E-state index in [4.69, 9.17) is 14.2 Å². The minimum absolute atomic E-state index is 0.0461. The van der Waals surface area contributed by atoms with Gasteiger partial charge in [-0.2, -0.15) is 0 Å². The number of rotatable bonds is 6. The van der Waals surface area contributed by atoms with Crippen LogP contribution in [0, 0.1) is 5.92 Å². The Morgan fingerprint density at radius 3 is 2.27 bits per heavy atom. The molecule has 0 bridgehead atoms. The SMILES string of the molecule is COc1ccc(N2CCCN(C(=O)C3CC(=O)N(c4ccc(OC)c(OC)c4)C3)CC2)cc1. The number of nitrogens with zero attached hydrogens (tertiary/aromatic N) is 3. The number of hydrogen-bond acceptors (Lipinski definition) is 6. The third-order valence-electron chi connectivity index (χ3n) is 6.40. The molecule has 2 aromatic carbocycles. The monoisotopic (exact) mass is 453 g/mol. The Labute approximate surface area is 194 Å². The summed E-state index contributed by atoms with van der Waals surface area (Å²) in [5, 5.41) is 0. The first-order valence-corrected chi connectivity index (χ1v) is 11.2. The fourth-order valence-electron chi connectivity index (χ4n) is 4.56. The van der Waals surface area contributed by atoms with E-state index < -0.39 is 0 Å². The summed E-state index contributed by atoms with van der Waals surface area (Å²) in [5.41, 5.74) is 1.84. The number of amides is 2. The van der Waals surface area contributed by atoms with E-state index in [1.807, 2.05) is 35.2 Å². The van der Waals surface area contributed by atoms with E-state index in [-0.39, 0.29) is 24.2 Å². The van der Waals surface area contributed by atoms with Gasteiger partial charge in [0.2, 0.25) is 11.8 Å². The zero-order valence-electron chi connectivity index (χ0n) is 19.5. The highest BCUT2D eigenvalue weighted by molar-refractivity contribution is 6.00.